The first-order valence-electron chi connectivity index (χ1n) is 10.3. The number of likely N-dealkylation sites (tertiary alicyclic amines) is 2. The van der Waals surface area contributed by atoms with Crippen LogP contribution < -0.4 is 0 Å². The highest BCUT2D eigenvalue weighted by atomic mass is 16.5. The Kier molecular flexibility index (Phi) is 5.85. The zero-order chi connectivity index (χ0) is 18.7. The molecule has 4 rings (SSSR count). The summed E-state index contributed by atoms with van der Waals surface area (Å²) in [6.45, 7) is 7.61. The van der Waals surface area contributed by atoms with Gasteiger partial charge in [0.25, 0.3) is 5.91 Å². The van der Waals surface area contributed by atoms with Crippen molar-refractivity contribution in [1.82, 2.24) is 9.80 Å². The number of furan rings is 1. The lowest BCUT2D eigenvalue weighted by Gasteiger charge is -2.43. The standard InChI is InChI=1S/C21H32N2O4/c1-25-15-18-14-23(20(24)19-3-2-10-27-19)16-21(18)6-8-22(9-7-21)13-17-4-11-26-12-5-17/h2-3,10,17-18H,4-9,11-16H2,1H3. The van der Waals surface area contributed by atoms with Gasteiger partial charge in [-0.15, -0.1) is 0 Å². The fourth-order valence-electron chi connectivity index (χ4n) is 5.22. The van der Waals surface area contributed by atoms with Crippen molar-refractivity contribution in [2.75, 3.05) is 59.7 Å². The fourth-order valence-corrected chi connectivity index (χ4v) is 5.22. The Morgan fingerprint density at radius 3 is 2.74 bits per heavy atom. The third-order valence-electron chi connectivity index (χ3n) is 6.91. The molecule has 1 atom stereocenters. The van der Waals surface area contributed by atoms with Crippen molar-refractivity contribution in [3.8, 4) is 0 Å². The molecular weight excluding hydrogens is 344 g/mol. The molecule has 1 spiro atoms. The van der Waals surface area contributed by atoms with E-state index < -0.39 is 0 Å². The van der Waals surface area contributed by atoms with Gasteiger partial charge in [-0.25, -0.2) is 0 Å². The number of carbonyl (C=O) groups excluding carboxylic acids is 1. The van der Waals surface area contributed by atoms with Crippen molar-refractivity contribution in [3.05, 3.63) is 24.2 Å². The van der Waals surface area contributed by atoms with Crippen LogP contribution in [0.25, 0.3) is 0 Å². The Balaban J connectivity index is 1.38. The number of ether oxygens (including phenoxy) is 2. The predicted molar refractivity (Wildman–Crippen MR) is 102 cm³/mol. The smallest absolute Gasteiger partial charge is 0.289 e. The number of hydrogen-bond acceptors (Lipinski definition) is 5. The van der Waals surface area contributed by atoms with Crippen molar-refractivity contribution in [2.45, 2.75) is 25.7 Å². The minimum absolute atomic E-state index is 0.0163. The summed E-state index contributed by atoms with van der Waals surface area (Å²) in [6, 6.07) is 3.54. The molecule has 27 heavy (non-hydrogen) atoms. The van der Waals surface area contributed by atoms with Gasteiger partial charge in [0, 0.05) is 45.9 Å². The zero-order valence-corrected chi connectivity index (χ0v) is 16.4. The molecule has 3 saturated heterocycles. The molecule has 4 heterocycles. The average molecular weight is 376 g/mol. The van der Waals surface area contributed by atoms with E-state index in [-0.39, 0.29) is 11.3 Å². The van der Waals surface area contributed by atoms with E-state index in [1.165, 1.54) is 19.4 Å². The Hall–Kier alpha value is -1.37. The second kappa shape index (κ2) is 8.33. The summed E-state index contributed by atoms with van der Waals surface area (Å²) in [4.78, 5) is 17.4. The molecule has 1 aromatic heterocycles. The highest BCUT2D eigenvalue weighted by Crippen LogP contribution is 2.45. The number of methoxy groups -OCH3 is 1. The normalized spacial score (nSPS) is 26.7. The highest BCUT2D eigenvalue weighted by Gasteiger charge is 2.49. The molecule has 0 bridgehead atoms. The fraction of sp³-hybridized carbons (Fsp3) is 0.762. The molecule has 3 fully saturated rings. The van der Waals surface area contributed by atoms with Crippen LogP contribution in [-0.4, -0.2) is 75.4 Å². The minimum atomic E-state index is 0.0163. The van der Waals surface area contributed by atoms with Gasteiger partial charge in [-0.2, -0.15) is 0 Å². The van der Waals surface area contributed by atoms with E-state index in [0.717, 1.165) is 64.8 Å². The SMILES string of the molecule is COCC1CN(C(=O)c2ccco2)CC12CCN(CC1CCOCC1)CC2. The molecule has 3 aliphatic rings. The number of carbonyl (C=O) groups is 1. The number of amides is 1. The lowest BCUT2D eigenvalue weighted by Crippen LogP contribution is -2.47. The van der Waals surface area contributed by atoms with E-state index in [1.807, 2.05) is 4.90 Å². The van der Waals surface area contributed by atoms with Crippen LogP contribution in [-0.2, 0) is 9.47 Å². The van der Waals surface area contributed by atoms with Gasteiger partial charge in [0.15, 0.2) is 5.76 Å². The Morgan fingerprint density at radius 2 is 2.07 bits per heavy atom. The van der Waals surface area contributed by atoms with Crippen molar-refractivity contribution < 1.29 is 18.7 Å². The number of rotatable bonds is 5. The van der Waals surface area contributed by atoms with E-state index in [4.69, 9.17) is 13.9 Å². The molecule has 1 unspecified atom stereocenters. The summed E-state index contributed by atoms with van der Waals surface area (Å²) < 4.78 is 16.4. The second-order valence-electron chi connectivity index (χ2n) is 8.53. The molecule has 0 N–H and O–H groups in total. The Morgan fingerprint density at radius 1 is 1.30 bits per heavy atom. The summed E-state index contributed by atoms with van der Waals surface area (Å²) in [5, 5.41) is 0. The first-order chi connectivity index (χ1) is 13.2. The Bertz CT molecular complexity index is 604. The van der Waals surface area contributed by atoms with E-state index in [9.17, 15) is 4.79 Å². The zero-order valence-electron chi connectivity index (χ0n) is 16.4. The summed E-state index contributed by atoms with van der Waals surface area (Å²) in [5.74, 6) is 1.65. The number of hydrogen-bond donors (Lipinski definition) is 0. The molecular formula is C21H32N2O4. The van der Waals surface area contributed by atoms with Crippen molar-refractivity contribution in [2.24, 2.45) is 17.3 Å². The van der Waals surface area contributed by atoms with Crippen molar-refractivity contribution in [1.29, 1.82) is 0 Å². The summed E-state index contributed by atoms with van der Waals surface area (Å²) in [7, 11) is 1.77. The van der Waals surface area contributed by atoms with Gasteiger partial charge < -0.3 is 23.7 Å². The van der Waals surface area contributed by atoms with Crippen molar-refractivity contribution in [3.63, 3.8) is 0 Å². The van der Waals surface area contributed by atoms with Crippen LogP contribution in [0.15, 0.2) is 22.8 Å². The van der Waals surface area contributed by atoms with Gasteiger partial charge in [0.05, 0.1) is 12.9 Å². The molecule has 3 aliphatic heterocycles. The predicted octanol–water partition coefficient (Wildman–Crippen LogP) is 2.51. The van der Waals surface area contributed by atoms with Crippen LogP contribution in [0.5, 0.6) is 0 Å². The van der Waals surface area contributed by atoms with E-state index >= 15 is 0 Å². The third kappa shape index (κ3) is 4.08. The van der Waals surface area contributed by atoms with E-state index in [1.54, 1.807) is 25.5 Å². The third-order valence-corrected chi connectivity index (χ3v) is 6.91. The maximum atomic E-state index is 12.8. The van der Waals surface area contributed by atoms with Gasteiger partial charge >= 0.3 is 0 Å². The minimum Gasteiger partial charge on any atom is -0.459 e. The molecule has 1 amide bonds. The van der Waals surface area contributed by atoms with Crippen LogP contribution in [0.3, 0.4) is 0 Å². The highest BCUT2D eigenvalue weighted by molar-refractivity contribution is 5.91. The molecule has 6 nitrogen and oxygen atoms in total. The number of piperidine rings is 1. The molecule has 1 aromatic rings. The largest absolute Gasteiger partial charge is 0.459 e. The molecule has 0 aliphatic carbocycles. The molecule has 6 heteroatoms. The van der Waals surface area contributed by atoms with Crippen LogP contribution in [0.1, 0.15) is 36.2 Å². The van der Waals surface area contributed by atoms with Gasteiger partial charge in [-0.05, 0) is 62.2 Å². The Labute approximate surface area is 161 Å². The van der Waals surface area contributed by atoms with Gasteiger partial charge in [0.1, 0.15) is 0 Å². The van der Waals surface area contributed by atoms with E-state index in [0.29, 0.717) is 11.7 Å². The maximum Gasteiger partial charge on any atom is 0.289 e. The molecule has 0 radical (unpaired) electrons. The lowest BCUT2D eigenvalue weighted by molar-refractivity contribution is 0.0160. The molecule has 0 saturated carbocycles. The number of nitrogens with zero attached hydrogens (tertiary/aromatic N) is 2. The average Bonchev–Trinajstić information content (AvgIpc) is 3.34. The van der Waals surface area contributed by atoms with Crippen LogP contribution in [0, 0.1) is 17.3 Å². The molecule has 150 valence electrons. The topological polar surface area (TPSA) is 55.2 Å². The quantitative estimate of drug-likeness (QED) is 0.790. The van der Waals surface area contributed by atoms with Crippen LogP contribution >= 0.6 is 0 Å². The first kappa shape index (κ1) is 19.0. The first-order valence-corrected chi connectivity index (χ1v) is 10.3. The summed E-state index contributed by atoms with van der Waals surface area (Å²) in [6.07, 6.45) is 6.25. The lowest BCUT2D eigenvalue weighted by atomic mass is 9.71. The maximum absolute atomic E-state index is 12.8. The second-order valence-corrected chi connectivity index (χ2v) is 8.53. The van der Waals surface area contributed by atoms with Gasteiger partial charge in [-0.3, -0.25) is 4.79 Å². The van der Waals surface area contributed by atoms with E-state index in [2.05, 4.69) is 4.90 Å². The van der Waals surface area contributed by atoms with Gasteiger partial charge in [-0.1, -0.05) is 0 Å². The van der Waals surface area contributed by atoms with Crippen molar-refractivity contribution >= 4 is 5.91 Å². The van der Waals surface area contributed by atoms with Crippen LogP contribution in [0.2, 0.25) is 0 Å². The monoisotopic (exact) mass is 376 g/mol. The van der Waals surface area contributed by atoms with Gasteiger partial charge in [0.2, 0.25) is 0 Å². The summed E-state index contributed by atoms with van der Waals surface area (Å²) in [5.41, 5.74) is 0.185. The molecule has 0 aromatic carbocycles. The van der Waals surface area contributed by atoms with Crippen LogP contribution in [0.4, 0.5) is 0 Å². The summed E-state index contributed by atoms with van der Waals surface area (Å²) >= 11 is 0.